The number of nitrogens with two attached hydrogens (primary N) is 3. The van der Waals surface area contributed by atoms with Gasteiger partial charge in [0.2, 0.25) is 0 Å². The molecule has 0 spiro atoms. The van der Waals surface area contributed by atoms with Crippen LogP contribution in [-0.4, -0.2) is 121 Å². The fourth-order valence-corrected chi connectivity index (χ4v) is 9.32. The molecule has 256 valence electrons. The lowest BCUT2D eigenvalue weighted by Gasteiger charge is -2.28. The second kappa shape index (κ2) is 28.4. The van der Waals surface area contributed by atoms with E-state index in [0.29, 0.717) is 46.1 Å². The van der Waals surface area contributed by atoms with Crippen molar-refractivity contribution in [2.24, 2.45) is 17.2 Å². The molecule has 0 fully saturated rings. The summed E-state index contributed by atoms with van der Waals surface area (Å²) in [5, 5.41) is 0. The van der Waals surface area contributed by atoms with Crippen molar-refractivity contribution in [1.29, 1.82) is 0 Å². The average Bonchev–Trinajstić information content (AvgIpc) is 2.99. The first kappa shape index (κ1) is 46.3. The quantitative estimate of drug-likeness (QED) is 0.102. The maximum absolute atomic E-state index is 5.69. The highest BCUT2D eigenvalue weighted by Crippen LogP contribution is 2.18. The Hall–Kier alpha value is -0.129. The highest BCUT2D eigenvalue weighted by atomic mass is 28.4. The van der Waals surface area contributed by atoms with E-state index < -0.39 is 26.4 Å². The van der Waals surface area contributed by atoms with Crippen LogP contribution in [0.5, 0.6) is 0 Å². The predicted molar refractivity (Wildman–Crippen MR) is 174 cm³/mol. The molecule has 0 bridgehead atoms. The zero-order chi connectivity index (χ0) is 33.0. The van der Waals surface area contributed by atoms with Crippen LogP contribution in [0, 0.1) is 0 Å². The molecule has 0 aliphatic rings. The normalized spacial score (nSPS) is 12.6. The van der Waals surface area contributed by atoms with Crippen LogP contribution < -0.4 is 17.2 Å². The second-order valence-corrected chi connectivity index (χ2v) is 17.8. The summed E-state index contributed by atoms with van der Waals surface area (Å²) in [4.78, 5) is 0. The fraction of sp³-hybridized carbons (Fsp3) is 0.923. The van der Waals surface area contributed by atoms with Gasteiger partial charge in [0.25, 0.3) is 0 Å². The smallest absolute Gasteiger partial charge is 0.377 e. The van der Waals surface area contributed by atoms with Crippen molar-refractivity contribution < 1.29 is 44.6 Å². The zero-order valence-electron chi connectivity index (χ0n) is 28.5. The summed E-state index contributed by atoms with van der Waals surface area (Å²) in [7, 11) is 2.17. The zero-order valence-corrected chi connectivity index (χ0v) is 31.5. The van der Waals surface area contributed by atoms with Gasteiger partial charge in [0, 0.05) is 81.2 Å². The van der Waals surface area contributed by atoms with Crippen molar-refractivity contribution in [2.45, 2.75) is 71.6 Å². The SMILES string of the molecule is CCO[Si](CCCN)(OCC)OCC.CO[Si](C=CC(C)(C)OCCCN)(OC)OC.CO[Si](CCCN)(OC)OC. The molecule has 0 aliphatic heterocycles. The topological polar surface area (TPSA) is 170 Å². The van der Waals surface area contributed by atoms with Crippen LogP contribution in [0.25, 0.3) is 0 Å². The van der Waals surface area contributed by atoms with E-state index in [0.717, 1.165) is 31.4 Å². The molecule has 0 aromatic heterocycles. The monoisotopic (exact) mass is 663 g/mol. The highest BCUT2D eigenvalue weighted by Gasteiger charge is 2.39. The molecule has 0 rings (SSSR count). The second-order valence-electron chi connectivity index (χ2n) is 9.21. The van der Waals surface area contributed by atoms with Gasteiger partial charge in [-0.05, 0) is 79.2 Å². The average molecular weight is 664 g/mol. The molecule has 42 heavy (non-hydrogen) atoms. The van der Waals surface area contributed by atoms with E-state index in [2.05, 4.69) is 0 Å². The van der Waals surface area contributed by atoms with Gasteiger partial charge in [0.1, 0.15) is 0 Å². The highest BCUT2D eigenvalue weighted by molar-refractivity contribution is 6.66. The minimum atomic E-state index is -2.66. The van der Waals surface area contributed by atoms with Crippen molar-refractivity contribution >= 4 is 26.4 Å². The van der Waals surface area contributed by atoms with E-state index >= 15 is 0 Å². The van der Waals surface area contributed by atoms with Crippen LogP contribution in [0.4, 0.5) is 0 Å². The van der Waals surface area contributed by atoms with Crippen molar-refractivity contribution in [3.63, 3.8) is 0 Å². The van der Waals surface area contributed by atoms with Crippen LogP contribution in [0.15, 0.2) is 11.8 Å². The van der Waals surface area contributed by atoms with E-state index in [9.17, 15) is 0 Å². The van der Waals surface area contributed by atoms with Crippen LogP contribution >= 0.6 is 0 Å². The molecule has 0 saturated heterocycles. The minimum Gasteiger partial charge on any atom is -0.377 e. The van der Waals surface area contributed by atoms with Crippen molar-refractivity contribution in [3.8, 4) is 0 Å². The first-order chi connectivity index (χ1) is 19.9. The lowest BCUT2D eigenvalue weighted by atomic mass is 10.1. The van der Waals surface area contributed by atoms with E-state index in [1.54, 1.807) is 42.7 Å². The predicted octanol–water partition coefficient (Wildman–Crippen LogP) is 2.70. The molecule has 0 saturated carbocycles. The van der Waals surface area contributed by atoms with Crippen LogP contribution in [0.3, 0.4) is 0 Å². The van der Waals surface area contributed by atoms with E-state index in [1.807, 2.05) is 46.4 Å². The van der Waals surface area contributed by atoms with Gasteiger partial charge in [-0.1, -0.05) is 6.08 Å². The van der Waals surface area contributed by atoms with E-state index in [-0.39, 0.29) is 5.60 Å². The largest absolute Gasteiger partial charge is 0.528 e. The maximum Gasteiger partial charge on any atom is 0.528 e. The Morgan fingerprint density at radius 1 is 0.571 bits per heavy atom. The summed E-state index contributed by atoms with van der Waals surface area (Å²) in [5.41, 5.74) is 17.7. The van der Waals surface area contributed by atoms with Crippen molar-refractivity contribution in [1.82, 2.24) is 0 Å². The van der Waals surface area contributed by atoms with Gasteiger partial charge in [-0.25, -0.2) is 0 Å². The molecule has 13 nitrogen and oxygen atoms in total. The first-order valence-electron chi connectivity index (χ1n) is 14.6. The van der Waals surface area contributed by atoms with Gasteiger partial charge < -0.3 is 61.8 Å². The summed E-state index contributed by atoms with van der Waals surface area (Å²) < 4.78 is 54.0. The molecule has 0 aliphatic carbocycles. The molecule has 0 atom stereocenters. The summed E-state index contributed by atoms with van der Waals surface area (Å²) in [6.45, 7) is 14.3. The summed E-state index contributed by atoms with van der Waals surface area (Å²) in [6.07, 6.45) is 4.53. The molecule has 16 heteroatoms. The Bertz CT molecular complexity index is 585. The van der Waals surface area contributed by atoms with Gasteiger partial charge in [-0.3, -0.25) is 0 Å². The summed E-state index contributed by atoms with van der Waals surface area (Å²) >= 11 is 0. The third-order valence-corrected chi connectivity index (χ3v) is 14.0. The fourth-order valence-electron chi connectivity index (χ4n) is 3.42. The maximum atomic E-state index is 5.69. The minimum absolute atomic E-state index is 0.386. The van der Waals surface area contributed by atoms with Gasteiger partial charge in [0.15, 0.2) is 0 Å². The molecule has 0 radical (unpaired) electrons. The van der Waals surface area contributed by atoms with Crippen LogP contribution in [0.1, 0.15) is 53.9 Å². The van der Waals surface area contributed by atoms with Gasteiger partial charge in [0.05, 0.1) is 5.60 Å². The molecule has 0 amide bonds. The molecular formula is C26H65N3O10Si3. The van der Waals surface area contributed by atoms with Crippen LogP contribution in [0.2, 0.25) is 12.1 Å². The Kier molecular flexibility index (Phi) is 31.2. The van der Waals surface area contributed by atoms with Gasteiger partial charge in [-0.15, -0.1) is 0 Å². The number of rotatable bonds is 24. The van der Waals surface area contributed by atoms with E-state index in [4.69, 9.17) is 61.8 Å². The third-order valence-electron chi connectivity index (χ3n) is 5.76. The molecule has 0 unspecified atom stereocenters. The number of hydrogen-bond donors (Lipinski definition) is 3. The number of hydrogen-bond acceptors (Lipinski definition) is 13. The lowest BCUT2D eigenvalue weighted by molar-refractivity contribution is 0.0188. The Morgan fingerprint density at radius 3 is 1.26 bits per heavy atom. The molecule has 0 aromatic rings. The standard InChI is InChI=1S/C11H25NO4Si.C9H23NO3Si.C6H17NO3Si/c1-11(2,16-9-6-8-12)7-10-17(13-3,14-4)15-5;1-4-11-14(12-5-2,13-6-3)9-7-8-10;1-8-11(9-2,10-3)6-4-5-7/h7,10H,6,8-9,12H2,1-5H3;4-10H2,1-3H3;4-7H2,1-3H3. The third kappa shape index (κ3) is 21.6. The van der Waals surface area contributed by atoms with Crippen molar-refractivity contribution in [3.05, 3.63) is 11.8 Å². The summed E-state index contributed by atoms with van der Waals surface area (Å²) in [5.74, 6) is 0. The molecular weight excluding hydrogens is 599 g/mol. The summed E-state index contributed by atoms with van der Waals surface area (Å²) in [6, 6.07) is 1.60. The first-order valence-corrected chi connectivity index (χ1v) is 20.3. The lowest BCUT2D eigenvalue weighted by Crippen LogP contribution is -2.46. The Balaban J connectivity index is -0.000000556. The van der Waals surface area contributed by atoms with Gasteiger partial charge in [-0.2, -0.15) is 0 Å². The van der Waals surface area contributed by atoms with Gasteiger partial charge >= 0.3 is 26.4 Å². The number of ether oxygens (including phenoxy) is 1. The Morgan fingerprint density at radius 2 is 0.952 bits per heavy atom. The van der Waals surface area contributed by atoms with Crippen molar-refractivity contribution in [2.75, 3.05) is 88.7 Å². The molecule has 0 heterocycles. The Labute approximate surface area is 260 Å². The molecule has 6 N–H and O–H groups in total. The molecule has 0 aromatic carbocycles. The van der Waals surface area contributed by atoms with E-state index in [1.165, 1.54) is 0 Å². The van der Waals surface area contributed by atoms with Crippen LogP contribution in [-0.2, 0) is 44.6 Å².